The van der Waals surface area contributed by atoms with Crippen molar-refractivity contribution in [1.29, 1.82) is 0 Å². The molecule has 0 aromatic heterocycles. The molecule has 1 aliphatic carbocycles. The molecule has 1 heterocycles. The van der Waals surface area contributed by atoms with Gasteiger partial charge in [-0.3, -0.25) is 0 Å². The monoisotopic (exact) mass is 494 g/mol. The van der Waals surface area contributed by atoms with Crippen LogP contribution in [0.4, 0.5) is 16.2 Å². The van der Waals surface area contributed by atoms with Gasteiger partial charge in [0.05, 0.1) is 11.3 Å². The van der Waals surface area contributed by atoms with Crippen LogP contribution in [-0.4, -0.2) is 57.1 Å². The highest BCUT2D eigenvalue weighted by molar-refractivity contribution is 7.90. The third-order valence-corrected chi connectivity index (χ3v) is 8.44. The molecule has 34 heavy (non-hydrogen) atoms. The first-order valence-corrected chi connectivity index (χ1v) is 14.1. The number of hydrogen-bond donors (Lipinski definition) is 3. The number of anilines is 2. The van der Waals surface area contributed by atoms with Gasteiger partial charge >= 0.3 is 6.09 Å². The number of nitrogens with one attached hydrogen (secondary N) is 3. The van der Waals surface area contributed by atoms with E-state index in [4.69, 9.17) is 4.74 Å². The third-order valence-electron chi connectivity index (χ3n) is 6.53. The first-order valence-electron chi connectivity index (χ1n) is 12.5. The number of nitrogens with zero attached hydrogens (tertiary/aromatic N) is 1. The maximum atomic E-state index is 12.1. The summed E-state index contributed by atoms with van der Waals surface area (Å²) in [6.45, 7) is 11.6. The van der Waals surface area contributed by atoms with Gasteiger partial charge < -0.3 is 20.3 Å². The smallest absolute Gasteiger partial charge is 0.407 e. The van der Waals surface area contributed by atoms with Crippen LogP contribution in [0.3, 0.4) is 0 Å². The summed E-state index contributed by atoms with van der Waals surface area (Å²) in [6.07, 6.45) is 4.38. The molecule has 3 rings (SSSR count). The highest BCUT2D eigenvalue weighted by Crippen LogP contribution is 2.27. The van der Waals surface area contributed by atoms with Crippen LogP contribution in [0.2, 0.25) is 0 Å². The molecule has 1 amide bonds. The lowest BCUT2D eigenvalue weighted by Gasteiger charge is -2.29. The van der Waals surface area contributed by atoms with E-state index in [-0.39, 0.29) is 23.4 Å². The Morgan fingerprint density at radius 2 is 1.71 bits per heavy atom. The Morgan fingerprint density at radius 3 is 2.29 bits per heavy atom. The van der Waals surface area contributed by atoms with Crippen LogP contribution < -0.4 is 20.3 Å². The van der Waals surface area contributed by atoms with Gasteiger partial charge in [-0.25, -0.2) is 17.9 Å². The molecule has 3 N–H and O–H groups in total. The molecule has 2 aliphatic rings. The molecular formula is C25H42N4O4S. The Hall–Kier alpha value is -2.00. The SMILES string of the molecule is CC(C)S(=O)(=O)NC1CCC(CNc2ccc(N3CCC(NC(=O)OC(C)(C)C)C3)cc2)CC1. The fourth-order valence-corrected chi connectivity index (χ4v) is 5.46. The highest BCUT2D eigenvalue weighted by Gasteiger charge is 2.27. The zero-order valence-corrected chi connectivity index (χ0v) is 22.1. The van der Waals surface area contributed by atoms with Gasteiger partial charge in [0.15, 0.2) is 0 Å². The Morgan fingerprint density at radius 1 is 1.06 bits per heavy atom. The Kier molecular flexibility index (Phi) is 8.73. The maximum Gasteiger partial charge on any atom is 0.407 e. The van der Waals surface area contributed by atoms with E-state index in [2.05, 4.69) is 44.5 Å². The lowest BCUT2D eigenvalue weighted by Crippen LogP contribution is -2.41. The predicted octanol–water partition coefficient (Wildman–Crippen LogP) is 4.09. The summed E-state index contributed by atoms with van der Waals surface area (Å²) in [5.74, 6) is 0.553. The first-order chi connectivity index (χ1) is 15.9. The van der Waals surface area contributed by atoms with Gasteiger partial charge in [0.2, 0.25) is 10.0 Å². The number of ether oxygens (including phenoxy) is 1. The van der Waals surface area contributed by atoms with Crippen LogP contribution in [-0.2, 0) is 14.8 Å². The van der Waals surface area contributed by atoms with E-state index in [1.165, 1.54) is 0 Å². The number of sulfonamides is 1. The number of hydrogen-bond acceptors (Lipinski definition) is 6. The van der Waals surface area contributed by atoms with E-state index >= 15 is 0 Å². The van der Waals surface area contributed by atoms with Crippen molar-refractivity contribution in [2.45, 2.75) is 89.7 Å². The van der Waals surface area contributed by atoms with Gasteiger partial charge in [-0.1, -0.05) is 0 Å². The molecule has 1 aromatic rings. The van der Waals surface area contributed by atoms with Gasteiger partial charge in [-0.15, -0.1) is 0 Å². The van der Waals surface area contributed by atoms with Crippen molar-refractivity contribution < 1.29 is 17.9 Å². The summed E-state index contributed by atoms with van der Waals surface area (Å²) in [5, 5.41) is 6.12. The van der Waals surface area contributed by atoms with E-state index in [9.17, 15) is 13.2 Å². The average molecular weight is 495 g/mol. The zero-order valence-electron chi connectivity index (χ0n) is 21.3. The van der Waals surface area contributed by atoms with Crippen molar-refractivity contribution in [3.8, 4) is 0 Å². The minimum absolute atomic E-state index is 0.0667. The normalized spacial score (nSPS) is 23.7. The van der Waals surface area contributed by atoms with Gasteiger partial charge in [0, 0.05) is 37.1 Å². The number of carbonyl (C=O) groups is 1. The van der Waals surface area contributed by atoms with Crippen LogP contribution >= 0.6 is 0 Å². The summed E-state index contributed by atoms with van der Waals surface area (Å²) < 4.78 is 32.4. The van der Waals surface area contributed by atoms with Crippen LogP contribution in [0.15, 0.2) is 24.3 Å². The van der Waals surface area contributed by atoms with Crippen molar-refractivity contribution in [2.75, 3.05) is 29.9 Å². The minimum atomic E-state index is -3.20. The third kappa shape index (κ3) is 8.05. The molecule has 0 bridgehead atoms. The minimum Gasteiger partial charge on any atom is -0.444 e. The molecule has 2 fully saturated rings. The van der Waals surface area contributed by atoms with Gasteiger partial charge in [0.1, 0.15) is 5.60 Å². The van der Waals surface area contributed by atoms with Crippen molar-refractivity contribution in [3.63, 3.8) is 0 Å². The van der Waals surface area contributed by atoms with Crippen molar-refractivity contribution in [2.24, 2.45) is 5.92 Å². The van der Waals surface area contributed by atoms with Crippen LogP contribution in [0, 0.1) is 5.92 Å². The molecule has 1 aromatic carbocycles. The van der Waals surface area contributed by atoms with Crippen LogP contribution in [0.1, 0.15) is 66.7 Å². The van der Waals surface area contributed by atoms with E-state index in [1.807, 2.05) is 20.8 Å². The Bertz CT molecular complexity index is 904. The van der Waals surface area contributed by atoms with Gasteiger partial charge in [0.25, 0.3) is 0 Å². The second kappa shape index (κ2) is 11.2. The predicted molar refractivity (Wildman–Crippen MR) is 138 cm³/mol. The standard InChI is InChI=1S/C25H42N4O4S/c1-18(2)34(31,32)28-21-8-6-19(7-9-21)16-26-20-10-12-23(13-11-20)29-15-14-22(17-29)27-24(30)33-25(3,4)5/h10-13,18-19,21-22,26,28H,6-9,14-17H2,1-5H3,(H,27,30). The second-order valence-corrected chi connectivity index (χ2v) is 13.2. The molecule has 1 saturated carbocycles. The molecule has 1 unspecified atom stereocenters. The van der Waals surface area contributed by atoms with Gasteiger partial charge in [-0.2, -0.15) is 0 Å². The molecule has 1 saturated heterocycles. The second-order valence-electron chi connectivity index (χ2n) is 10.9. The Balaban J connectivity index is 1.39. The van der Waals surface area contributed by atoms with E-state index in [0.29, 0.717) is 5.92 Å². The number of alkyl carbamates (subject to hydrolysis) is 1. The number of benzene rings is 1. The molecule has 8 nitrogen and oxygen atoms in total. The van der Waals surface area contributed by atoms with Crippen molar-refractivity contribution in [3.05, 3.63) is 24.3 Å². The number of rotatable bonds is 8. The average Bonchev–Trinajstić information content (AvgIpc) is 3.20. The summed E-state index contributed by atoms with van der Waals surface area (Å²) in [5.41, 5.74) is 1.75. The molecule has 1 aliphatic heterocycles. The molecule has 0 radical (unpaired) electrons. The Labute approximate surface area is 205 Å². The lowest BCUT2D eigenvalue weighted by molar-refractivity contribution is 0.0509. The quantitative estimate of drug-likeness (QED) is 0.503. The van der Waals surface area contributed by atoms with E-state index in [0.717, 1.165) is 63.1 Å². The number of amides is 1. The highest BCUT2D eigenvalue weighted by atomic mass is 32.2. The van der Waals surface area contributed by atoms with Crippen LogP contribution in [0.25, 0.3) is 0 Å². The molecular weight excluding hydrogens is 452 g/mol. The van der Waals surface area contributed by atoms with E-state index < -0.39 is 15.6 Å². The summed E-state index contributed by atoms with van der Waals surface area (Å²) in [6, 6.07) is 8.61. The summed E-state index contributed by atoms with van der Waals surface area (Å²) in [7, 11) is -3.20. The maximum absolute atomic E-state index is 12.1. The molecule has 192 valence electrons. The van der Waals surface area contributed by atoms with Crippen LogP contribution in [0.5, 0.6) is 0 Å². The van der Waals surface area contributed by atoms with Gasteiger partial charge in [-0.05, 0) is 96.9 Å². The first kappa shape index (κ1) is 26.6. The lowest BCUT2D eigenvalue weighted by atomic mass is 9.86. The topological polar surface area (TPSA) is 99.8 Å². The molecule has 0 spiro atoms. The molecule has 1 atom stereocenters. The van der Waals surface area contributed by atoms with E-state index in [1.54, 1.807) is 13.8 Å². The fourth-order valence-electron chi connectivity index (χ4n) is 4.49. The number of carbonyl (C=O) groups excluding carboxylic acids is 1. The zero-order chi connectivity index (χ0) is 24.9. The van der Waals surface area contributed by atoms with Crippen molar-refractivity contribution in [1.82, 2.24) is 10.0 Å². The molecule has 9 heteroatoms. The fraction of sp³-hybridized carbons (Fsp3) is 0.720. The van der Waals surface area contributed by atoms with Crippen molar-refractivity contribution >= 4 is 27.5 Å². The largest absolute Gasteiger partial charge is 0.444 e. The summed E-state index contributed by atoms with van der Waals surface area (Å²) >= 11 is 0. The summed E-state index contributed by atoms with van der Waals surface area (Å²) in [4.78, 5) is 14.3.